The van der Waals surface area contributed by atoms with Crippen LogP contribution in [0.5, 0.6) is 0 Å². The minimum Gasteiger partial charge on any atom is -0.369 e. The summed E-state index contributed by atoms with van der Waals surface area (Å²) >= 11 is 0. The summed E-state index contributed by atoms with van der Waals surface area (Å²) in [7, 11) is -3.29. The van der Waals surface area contributed by atoms with Crippen molar-refractivity contribution in [2.45, 2.75) is 43.9 Å². The highest BCUT2D eigenvalue weighted by molar-refractivity contribution is 7.89. The van der Waals surface area contributed by atoms with Crippen LogP contribution in [0.3, 0.4) is 0 Å². The largest absolute Gasteiger partial charge is 0.369 e. The van der Waals surface area contributed by atoms with Gasteiger partial charge < -0.3 is 20.9 Å². The number of amides is 1. The Morgan fingerprint density at radius 2 is 1.71 bits per heavy atom. The summed E-state index contributed by atoms with van der Waals surface area (Å²) in [5.74, 6) is -0.194. The van der Waals surface area contributed by atoms with Gasteiger partial charge in [0.2, 0.25) is 10.0 Å². The lowest BCUT2D eigenvalue weighted by Crippen LogP contribution is -2.52. The number of nitrogens with zero attached hydrogens (tertiary/aromatic N) is 2. The molecule has 0 unspecified atom stereocenters. The second kappa shape index (κ2) is 9.64. The summed E-state index contributed by atoms with van der Waals surface area (Å²) in [6, 6.07) is 15.7. The third-order valence-electron chi connectivity index (χ3n) is 7.32. The second-order valence-electron chi connectivity index (χ2n) is 9.69. The Labute approximate surface area is 206 Å². The third kappa shape index (κ3) is 4.94. The maximum absolute atomic E-state index is 13.1. The molecule has 1 amide bonds. The molecule has 1 aliphatic heterocycles. The van der Waals surface area contributed by atoms with Crippen molar-refractivity contribution in [3.05, 3.63) is 59.8 Å². The molecule has 2 fully saturated rings. The summed E-state index contributed by atoms with van der Waals surface area (Å²) < 4.78 is 27.9. The van der Waals surface area contributed by atoms with Crippen molar-refractivity contribution in [1.29, 1.82) is 0 Å². The van der Waals surface area contributed by atoms with E-state index >= 15 is 0 Å². The number of nitrogens with two attached hydrogens (primary N) is 1. The van der Waals surface area contributed by atoms with Crippen LogP contribution in [-0.4, -0.2) is 61.1 Å². The Kier molecular flexibility index (Phi) is 6.57. The number of sulfonamides is 1. The van der Waals surface area contributed by atoms with E-state index in [-0.39, 0.29) is 17.2 Å². The molecule has 8 nitrogen and oxygen atoms in total. The summed E-state index contributed by atoms with van der Waals surface area (Å²) in [6.45, 7) is 4.18. The molecular formula is C26H33N5O3S. The molecule has 4 N–H and O–H groups in total. The summed E-state index contributed by atoms with van der Waals surface area (Å²) in [6.07, 6.45) is 2.86. The maximum Gasteiger partial charge on any atom is 0.272 e. The number of rotatable bonds is 5. The van der Waals surface area contributed by atoms with Gasteiger partial charge in [-0.25, -0.2) is 8.42 Å². The van der Waals surface area contributed by atoms with Crippen LogP contribution in [0.25, 0.3) is 10.9 Å². The lowest BCUT2D eigenvalue weighted by molar-refractivity contribution is 0.102. The number of hydrogen-bond donors (Lipinski definition) is 3. The van der Waals surface area contributed by atoms with Crippen LogP contribution in [0.15, 0.2) is 48.5 Å². The van der Waals surface area contributed by atoms with Crippen molar-refractivity contribution in [3.8, 4) is 0 Å². The monoisotopic (exact) mass is 495 g/mol. The number of anilines is 2. The average molecular weight is 496 g/mol. The molecule has 9 heteroatoms. The van der Waals surface area contributed by atoms with Crippen LogP contribution in [0.2, 0.25) is 0 Å². The maximum atomic E-state index is 13.1. The number of piperazine rings is 1. The SMILES string of the molecule is Cc1cccc2cc(C(=O)Nc3cccc(N4CCN(S(=O)(=O)C5CCC(N)CC5)CC4)c3)[nH]c12. The fraction of sp³-hybridized carbons (Fsp3) is 0.423. The van der Waals surface area contributed by atoms with Crippen LogP contribution in [-0.2, 0) is 10.0 Å². The molecule has 1 saturated heterocycles. The lowest BCUT2D eigenvalue weighted by Gasteiger charge is -2.38. The number of aryl methyl sites for hydroxylation is 1. The van der Waals surface area contributed by atoms with Gasteiger partial charge >= 0.3 is 0 Å². The van der Waals surface area contributed by atoms with Gasteiger partial charge in [-0.2, -0.15) is 4.31 Å². The Morgan fingerprint density at radius 1 is 1.00 bits per heavy atom. The molecule has 5 rings (SSSR count). The number of benzene rings is 2. The first-order chi connectivity index (χ1) is 16.8. The van der Waals surface area contributed by atoms with E-state index in [0.29, 0.717) is 50.4 Å². The van der Waals surface area contributed by atoms with Crippen molar-refractivity contribution in [1.82, 2.24) is 9.29 Å². The molecule has 2 heterocycles. The molecule has 2 aromatic carbocycles. The van der Waals surface area contributed by atoms with E-state index in [1.807, 2.05) is 55.5 Å². The molecule has 0 atom stereocenters. The second-order valence-corrected chi connectivity index (χ2v) is 11.9. The summed E-state index contributed by atoms with van der Waals surface area (Å²) in [4.78, 5) is 18.3. The first-order valence-corrected chi connectivity index (χ1v) is 13.8. The number of H-pyrrole nitrogens is 1. The molecule has 2 aliphatic rings. The van der Waals surface area contributed by atoms with Gasteiger partial charge in [-0.15, -0.1) is 0 Å². The van der Waals surface area contributed by atoms with Crippen LogP contribution in [0.4, 0.5) is 11.4 Å². The van der Waals surface area contributed by atoms with E-state index in [1.54, 1.807) is 4.31 Å². The molecule has 0 bridgehead atoms. The molecular weight excluding hydrogens is 462 g/mol. The van der Waals surface area contributed by atoms with Crippen molar-refractivity contribution in [2.75, 3.05) is 36.4 Å². The van der Waals surface area contributed by atoms with Crippen LogP contribution >= 0.6 is 0 Å². The summed E-state index contributed by atoms with van der Waals surface area (Å²) in [5.41, 5.74) is 10.2. The molecule has 3 aromatic rings. The Balaban J connectivity index is 1.22. The topological polar surface area (TPSA) is 112 Å². The van der Waals surface area contributed by atoms with Gasteiger partial charge in [-0.05, 0) is 62.4 Å². The number of para-hydroxylation sites is 1. The Bertz CT molecular complexity index is 1320. The standard InChI is InChI=1S/C26H33N5O3S/c1-18-4-2-5-19-16-24(29-25(18)19)26(32)28-21-6-3-7-22(17-21)30-12-14-31(15-13-30)35(33,34)23-10-8-20(27)9-11-23/h2-7,16-17,20,23,29H,8-15,27H2,1H3,(H,28,32). The molecule has 1 saturated carbocycles. The van der Waals surface area contributed by atoms with Crippen molar-refractivity contribution in [3.63, 3.8) is 0 Å². The zero-order valence-corrected chi connectivity index (χ0v) is 20.9. The van der Waals surface area contributed by atoms with Gasteiger partial charge in [0.1, 0.15) is 5.69 Å². The normalized spacial score (nSPS) is 21.8. The smallest absolute Gasteiger partial charge is 0.272 e. The number of nitrogens with one attached hydrogen (secondary N) is 2. The molecule has 35 heavy (non-hydrogen) atoms. The van der Waals surface area contributed by atoms with Crippen LogP contribution in [0, 0.1) is 6.92 Å². The number of fused-ring (bicyclic) bond motifs is 1. The highest BCUT2D eigenvalue weighted by atomic mass is 32.2. The predicted octanol–water partition coefficient (Wildman–Crippen LogP) is 3.45. The molecule has 1 aromatic heterocycles. The van der Waals surface area contributed by atoms with Gasteiger partial charge in [-0.1, -0.05) is 24.3 Å². The fourth-order valence-corrected chi connectivity index (χ4v) is 7.17. The van der Waals surface area contributed by atoms with E-state index in [0.717, 1.165) is 35.0 Å². The van der Waals surface area contributed by atoms with Gasteiger partial charge in [-0.3, -0.25) is 4.79 Å². The molecule has 0 spiro atoms. The van der Waals surface area contributed by atoms with Crippen molar-refractivity contribution < 1.29 is 13.2 Å². The van der Waals surface area contributed by atoms with E-state index in [4.69, 9.17) is 5.73 Å². The first kappa shape index (κ1) is 23.8. The van der Waals surface area contributed by atoms with Gasteiger partial charge in [0.15, 0.2) is 0 Å². The number of hydrogen-bond acceptors (Lipinski definition) is 5. The third-order valence-corrected chi connectivity index (χ3v) is 9.72. The summed E-state index contributed by atoms with van der Waals surface area (Å²) in [5, 5.41) is 3.69. The molecule has 0 radical (unpaired) electrons. The van der Waals surface area contributed by atoms with Crippen LogP contribution in [0.1, 0.15) is 41.7 Å². The Morgan fingerprint density at radius 3 is 2.43 bits per heavy atom. The molecule has 1 aliphatic carbocycles. The quantitative estimate of drug-likeness (QED) is 0.502. The van der Waals surface area contributed by atoms with Gasteiger partial charge in [0.25, 0.3) is 5.91 Å². The van der Waals surface area contributed by atoms with E-state index in [2.05, 4.69) is 15.2 Å². The number of carbonyl (C=O) groups is 1. The minimum absolute atomic E-state index is 0.131. The van der Waals surface area contributed by atoms with E-state index in [9.17, 15) is 13.2 Å². The average Bonchev–Trinajstić information content (AvgIpc) is 3.31. The van der Waals surface area contributed by atoms with Gasteiger partial charge in [0, 0.05) is 54.5 Å². The van der Waals surface area contributed by atoms with E-state index in [1.165, 1.54) is 0 Å². The zero-order valence-electron chi connectivity index (χ0n) is 20.0. The fourth-order valence-electron chi connectivity index (χ4n) is 5.21. The van der Waals surface area contributed by atoms with E-state index < -0.39 is 10.0 Å². The highest BCUT2D eigenvalue weighted by Gasteiger charge is 2.36. The number of carbonyl (C=O) groups excluding carboxylic acids is 1. The lowest BCUT2D eigenvalue weighted by atomic mass is 9.96. The number of aromatic amines is 1. The van der Waals surface area contributed by atoms with Gasteiger partial charge in [0.05, 0.1) is 5.25 Å². The van der Waals surface area contributed by atoms with Crippen LogP contribution < -0.4 is 16.0 Å². The Hall–Kier alpha value is -2.88. The zero-order chi connectivity index (χ0) is 24.6. The van der Waals surface area contributed by atoms with Crippen molar-refractivity contribution >= 4 is 38.2 Å². The predicted molar refractivity (Wildman–Crippen MR) is 140 cm³/mol. The molecule has 186 valence electrons. The number of aromatic nitrogens is 1. The minimum atomic E-state index is -3.29. The highest BCUT2D eigenvalue weighted by Crippen LogP contribution is 2.28. The first-order valence-electron chi connectivity index (χ1n) is 12.3. The van der Waals surface area contributed by atoms with Crippen molar-refractivity contribution in [2.24, 2.45) is 5.73 Å².